The Hall–Kier alpha value is -2.12. The minimum absolute atomic E-state index is 0.218. The lowest BCUT2D eigenvalue weighted by Gasteiger charge is -2.25. The van der Waals surface area contributed by atoms with Crippen LogP contribution < -0.4 is 10.6 Å². The highest BCUT2D eigenvalue weighted by atomic mass is 19.1. The molecule has 3 rings (SSSR count). The van der Waals surface area contributed by atoms with Crippen LogP contribution in [0.1, 0.15) is 18.4 Å². The fourth-order valence-electron chi connectivity index (χ4n) is 3.75. The fraction of sp³-hybridized carbons (Fsp3) is 0.550. The topological polar surface area (TPSA) is 64.7 Å². The van der Waals surface area contributed by atoms with Gasteiger partial charge in [-0.3, -0.25) is 9.89 Å². The van der Waals surface area contributed by atoms with E-state index in [1.807, 2.05) is 12.3 Å². The maximum Gasteiger partial charge on any atom is 0.191 e. The second-order valence-electron chi connectivity index (χ2n) is 6.96. The van der Waals surface area contributed by atoms with Crippen LogP contribution in [0.4, 0.5) is 4.39 Å². The van der Waals surface area contributed by atoms with E-state index in [4.69, 9.17) is 4.74 Å². The van der Waals surface area contributed by atoms with Gasteiger partial charge < -0.3 is 20.4 Å². The number of benzene rings is 1. The number of halogens is 1. The molecule has 0 saturated carbocycles. The van der Waals surface area contributed by atoms with E-state index in [2.05, 4.69) is 25.5 Å². The van der Waals surface area contributed by atoms with Crippen LogP contribution in [0.25, 0.3) is 10.9 Å². The molecular formula is C20H30FN5O. The third-order valence-electron chi connectivity index (χ3n) is 5.23. The van der Waals surface area contributed by atoms with Crippen molar-refractivity contribution >= 4 is 16.9 Å². The van der Waals surface area contributed by atoms with Gasteiger partial charge in [-0.15, -0.1) is 0 Å². The molecule has 2 heterocycles. The Morgan fingerprint density at radius 2 is 2.30 bits per heavy atom. The van der Waals surface area contributed by atoms with Gasteiger partial charge in [-0.2, -0.15) is 0 Å². The molecule has 3 N–H and O–H groups in total. The van der Waals surface area contributed by atoms with Crippen LogP contribution >= 0.6 is 0 Å². The first-order valence-corrected chi connectivity index (χ1v) is 9.64. The molecule has 0 radical (unpaired) electrons. The van der Waals surface area contributed by atoms with E-state index in [9.17, 15) is 4.39 Å². The SMILES string of the molecule is CN=C(NCCc1c[nH]c2cc(F)ccc12)NCC1CCCN1CCOC. The van der Waals surface area contributed by atoms with E-state index in [1.54, 1.807) is 14.2 Å². The van der Waals surface area contributed by atoms with Crippen molar-refractivity contribution in [2.75, 3.05) is 46.9 Å². The third kappa shape index (κ3) is 5.20. The van der Waals surface area contributed by atoms with Crippen molar-refractivity contribution in [1.82, 2.24) is 20.5 Å². The zero-order valence-electron chi connectivity index (χ0n) is 16.2. The van der Waals surface area contributed by atoms with E-state index >= 15 is 0 Å². The van der Waals surface area contributed by atoms with Crippen LogP contribution in [-0.2, 0) is 11.2 Å². The van der Waals surface area contributed by atoms with E-state index in [1.165, 1.54) is 30.5 Å². The number of H-pyrrole nitrogens is 1. The number of methoxy groups -OCH3 is 1. The number of nitrogens with zero attached hydrogens (tertiary/aromatic N) is 2. The summed E-state index contributed by atoms with van der Waals surface area (Å²) in [5.74, 6) is 0.601. The largest absolute Gasteiger partial charge is 0.383 e. The molecule has 0 spiro atoms. The number of hydrogen-bond donors (Lipinski definition) is 3. The Bertz CT molecular complexity index is 760. The quantitative estimate of drug-likeness (QED) is 0.489. The molecule has 148 valence electrons. The van der Waals surface area contributed by atoms with Gasteiger partial charge in [-0.25, -0.2) is 4.39 Å². The maximum atomic E-state index is 13.3. The Morgan fingerprint density at radius 1 is 1.41 bits per heavy atom. The molecule has 1 aliphatic rings. The zero-order chi connectivity index (χ0) is 19.1. The molecule has 1 unspecified atom stereocenters. The molecular weight excluding hydrogens is 345 g/mol. The van der Waals surface area contributed by atoms with Crippen molar-refractivity contribution in [1.29, 1.82) is 0 Å². The summed E-state index contributed by atoms with van der Waals surface area (Å²) in [4.78, 5) is 9.94. The lowest BCUT2D eigenvalue weighted by atomic mass is 10.1. The van der Waals surface area contributed by atoms with E-state index in [0.29, 0.717) is 6.04 Å². The molecule has 0 aliphatic carbocycles. The van der Waals surface area contributed by atoms with Gasteiger partial charge in [0.15, 0.2) is 5.96 Å². The highest BCUT2D eigenvalue weighted by Crippen LogP contribution is 2.19. The molecule has 1 saturated heterocycles. The van der Waals surface area contributed by atoms with Crippen molar-refractivity contribution in [3.05, 3.63) is 35.8 Å². The van der Waals surface area contributed by atoms with Crippen molar-refractivity contribution in [3.63, 3.8) is 0 Å². The van der Waals surface area contributed by atoms with Crippen LogP contribution in [0.2, 0.25) is 0 Å². The minimum atomic E-state index is -0.218. The summed E-state index contributed by atoms with van der Waals surface area (Å²) < 4.78 is 18.5. The molecule has 27 heavy (non-hydrogen) atoms. The monoisotopic (exact) mass is 375 g/mol. The summed E-state index contributed by atoms with van der Waals surface area (Å²) in [6, 6.07) is 5.40. The number of aromatic nitrogens is 1. The summed E-state index contributed by atoms with van der Waals surface area (Å²) in [5, 5.41) is 7.89. The number of aromatic amines is 1. The second-order valence-corrected chi connectivity index (χ2v) is 6.96. The Kier molecular flexibility index (Phi) is 7.06. The molecule has 0 bridgehead atoms. The summed E-state index contributed by atoms with van der Waals surface area (Å²) in [6.45, 7) is 4.55. The van der Waals surface area contributed by atoms with Crippen molar-refractivity contribution < 1.29 is 9.13 Å². The second kappa shape index (κ2) is 9.71. The fourth-order valence-corrected chi connectivity index (χ4v) is 3.75. The van der Waals surface area contributed by atoms with Crippen molar-refractivity contribution in [3.8, 4) is 0 Å². The number of nitrogens with one attached hydrogen (secondary N) is 3. The van der Waals surface area contributed by atoms with Crippen molar-refractivity contribution in [2.24, 2.45) is 4.99 Å². The minimum Gasteiger partial charge on any atom is -0.383 e. The number of aliphatic imine (C=N–C) groups is 1. The number of fused-ring (bicyclic) bond motifs is 1. The Balaban J connectivity index is 1.45. The standard InChI is InChI=1S/C20H30FN5O/c1-22-20(25-14-17-4-3-9-26(17)10-11-27-2)23-8-7-15-13-24-19-12-16(21)5-6-18(15)19/h5-6,12-13,17,24H,3-4,7-11,14H2,1-2H3,(H2,22,23,25). The van der Waals surface area contributed by atoms with Gasteiger partial charge in [0.25, 0.3) is 0 Å². The highest BCUT2D eigenvalue weighted by Gasteiger charge is 2.23. The lowest BCUT2D eigenvalue weighted by molar-refractivity contribution is 0.141. The van der Waals surface area contributed by atoms with Gasteiger partial charge in [0.2, 0.25) is 0 Å². The van der Waals surface area contributed by atoms with E-state index in [-0.39, 0.29) is 5.82 Å². The van der Waals surface area contributed by atoms with Crippen LogP contribution in [0.15, 0.2) is 29.4 Å². The highest BCUT2D eigenvalue weighted by molar-refractivity contribution is 5.83. The third-order valence-corrected chi connectivity index (χ3v) is 5.23. The molecule has 1 aliphatic heterocycles. The zero-order valence-corrected chi connectivity index (χ0v) is 16.2. The number of hydrogen-bond acceptors (Lipinski definition) is 3. The van der Waals surface area contributed by atoms with Gasteiger partial charge in [-0.05, 0) is 49.6 Å². The number of rotatable bonds is 8. The molecule has 1 aromatic carbocycles. The van der Waals surface area contributed by atoms with Gasteiger partial charge >= 0.3 is 0 Å². The number of ether oxygens (including phenoxy) is 1. The van der Waals surface area contributed by atoms with Crippen LogP contribution in [0, 0.1) is 5.82 Å². The Morgan fingerprint density at radius 3 is 3.11 bits per heavy atom. The summed E-state index contributed by atoms with van der Waals surface area (Å²) in [5.41, 5.74) is 2.01. The van der Waals surface area contributed by atoms with E-state index < -0.39 is 0 Å². The predicted molar refractivity (Wildman–Crippen MR) is 108 cm³/mol. The molecule has 2 aromatic rings. The molecule has 1 atom stereocenters. The van der Waals surface area contributed by atoms with Crippen LogP contribution in [0.3, 0.4) is 0 Å². The summed E-state index contributed by atoms with van der Waals surface area (Å²) in [7, 11) is 3.54. The van der Waals surface area contributed by atoms with E-state index in [0.717, 1.165) is 56.1 Å². The van der Waals surface area contributed by atoms with Gasteiger partial charge in [0, 0.05) is 56.9 Å². The Labute approximate surface area is 160 Å². The van der Waals surface area contributed by atoms with Gasteiger partial charge in [0.05, 0.1) is 6.61 Å². The predicted octanol–water partition coefficient (Wildman–Crippen LogP) is 2.13. The molecule has 1 fully saturated rings. The first kappa shape index (κ1) is 19.6. The smallest absolute Gasteiger partial charge is 0.191 e. The van der Waals surface area contributed by atoms with Gasteiger partial charge in [-0.1, -0.05) is 0 Å². The first-order valence-electron chi connectivity index (χ1n) is 9.64. The average Bonchev–Trinajstić information content (AvgIpc) is 3.29. The molecule has 0 amide bonds. The lowest BCUT2D eigenvalue weighted by Crippen LogP contribution is -2.45. The summed E-state index contributed by atoms with van der Waals surface area (Å²) in [6.07, 6.45) is 5.24. The maximum absolute atomic E-state index is 13.3. The van der Waals surface area contributed by atoms with Crippen molar-refractivity contribution in [2.45, 2.75) is 25.3 Å². The van der Waals surface area contributed by atoms with Crippen LogP contribution in [-0.4, -0.2) is 68.8 Å². The normalized spacial score (nSPS) is 18.3. The molecule has 1 aromatic heterocycles. The molecule has 6 nitrogen and oxygen atoms in total. The summed E-state index contributed by atoms with van der Waals surface area (Å²) >= 11 is 0. The van der Waals surface area contributed by atoms with Gasteiger partial charge in [0.1, 0.15) is 5.82 Å². The molecule has 7 heteroatoms. The number of guanidine groups is 1. The average molecular weight is 375 g/mol. The van der Waals surface area contributed by atoms with Crippen LogP contribution in [0.5, 0.6) is 0 Å². The first-order chi connectivity index (χ1) is 13.2. The number of likely N-dealkylation sites (tertiary alicyclic amines) is 1.